The topological polar surface area (TPSA) is 38.8 Å². The van der Waals surface area contributed by atoms with Crippen molar-refractivity contribution in [3.8, 4) is 5.75 Å². The maximum Gasteiger partial charge on any atom is 0.198 e. The fraction of sp³-hybridized carbons (Fsp3) is 0.136. The summed E-state index contributed by atoms with van der Waals surface area (Å²) in [6, 6.07) is 24.6. The van der Waals surface area contributed by atoms with Gasteiger partial charge in [0.15, 0.2) is 11.9 Å². The number of Topliss-reactive ketones (excluding diaryl/α,β-unsaturated/α-hetero) is 1. The molecule has 0 bridgehead atoms. The van der Waals surface area contributed by atoms with Gasteiger partial charge >= 0.3 is 0 Å². The Balaban J connectivity index is 1.50. The molecule has 1 heterocycles. The monoisotopic (exact) mass is 364 g/mol. The number of epoxide rings is 1. The van der Waals surface area contributed by atoms with Crippen molar-refractivity contribution >= 4 is 17.4 Å². The van der Waals surface area contributed by atoms with E-state index >= 15 is 0 Å². The van der Waals surface area contributed by atoms with E-state index in [1.807, 2.05) is 66.7 Å². The Hall–Kier alpha value is -2.62. The molecular formula is C22H17ClO3. The van der Waals surface area contributed by atoms with Crippen LogP contribution in [0.5, 0.6) is 5.75 Å². The van der Waals surface area contributed by atoms with Gasteiger partial charge in [-0.3, -0.25) is 4.79 Å². The quantitative estimate of drug-likeness (QED) is 0.443. The van der Waals surface area contributed by atoms with E-state index in [-0.39, 0.29) is 11.9 Å². The lowest BCUT2D eigenvalue weighted by atomic mass is 10.0. The van der Waals surface area contributed by atoms with Crippen LogP contribution in [0.3, 0.4) is 0 Å². The van der Waals surface area contributed by atoms with E-state index in [0.29, 0.717) is 22.9 Å². The van der Waals surface area contributed by atoms with Crippen LogP contribution >= 0.6 is 11.6 Å². The summed E-state index contributed by atoms with van der Waals surface area (Å²) in [7, 11) is 0. The van der Waals surface area contributed by atoms with E-state index in [9.17, 15) is 4.79 Å². The second-order valence-corrected chi connectivity index (χ2v) is 6.54. The van der Waals surface area contributed by atoms with Crippen LogP contribution in [-0.2, 0) is 11.3 Å². The predicted octanol–water partition coefficient (Wildman–Crippen LogP) is 5.24. The molecule has 0 radical (unpaired) electrons. The fourth-order valence-corrected chi connectivity index (χ4v) is 3.18. The number of ether oxygens (including phenoxy) is 2. The molecule has 26 heavy (non-hydrogen) atoms. The lowest BCUT2D eigenvalue weighted by Gasteiger charge is -2.10. The fourth-order valence-electron chi connectivity index (χ4n) is 2.94. The number of para-hydroxylation sites is 1. The van der Waals surface area contributed by atoms with Gasteiger partial charge in [0.1, 0.15) is 18.5 Å². The number of hydrogen-bond donors (Lipinski definition) is 0. The number of ketones is 1. The van der Waals surface area contributed by atoms with Crippen molar-refractivity contribution < 1.29 is 14.3 Å². The highest BCUT2D eigenvalue weighted by Crippen LogP contribution is 2.44. The Bertz CT molecular complexity index is 923. The van der Waals surface area contributed by atoms with Crippen molar-refractivity contribution in [2.24, 2.45) is 0 Å². The molecular weight excluding hydrogens is 348 g/mol. The molecule has 4 rings (SSSR count). The molecule has 3 aromatic rings. The highest BCUT2D eigenvalue weighted by Gasteiger charge is 2.47. The van der Waals surface area contributed by atoms with Gasteiger partial charge in [0.25, 0.3) is 0 Å². The Morgan fingerprint density at radius 3 is 2.42 bits per heavy atom. The third kappa shape index (κ3) is 3.50. The van der Waals surface area contributed by atoms with Gasteiger partial charge in [0, 0.05) is 10.6 Å². The SMILES string of the molecule is O=C(c1ccccc1OCc1ccccc1)[C@@H]1O[C@H]1c1ccccc1Cl. The average molecular weight is 365 g/mol. The first-order valence-corrected chi connectivity index (χ1v) is 8.81. The summed E-state index contributed by atoms with van der Waals surface area (Å²) in [5, 5.41) is 0.612. The number of benzene rings is 3. The van der Waals surface area contributed by atoms with E-state index in [2.05, 4.69) is 0 Å². The zero-order valence-corrected chi connectivity index (χ0v) is 14.7. The molecule has 0 saturated carbocycles. The normalized spacial score (nSPS) is 18.3. The van der Waals surface area contributed by atoms with Crippen LogP contribution in [-0.4, -0.2) is 11.9 Å². The Morgan fingerprint density at radius 1 is 0.923 bits per heavy atom. The van der Waals surface area contributed by atoms with Gasteiger partial charge in [0.2, 0.25) is 0 Å². The maximum atomic E-state index is 12.9. The van der Waals surface area contributed by atoms with Crippen LogP contribution in [0, 0.1) is 0 Å². The van der Waals surface area contributed by atoms with Gasteiger partial charge in [0.05, 0.1) is 5.56 Å². The third-order valence-corrected chi connectivity index (χ3v) is 4.70. The highest BCUT2D eigenvalue weighted by atomic mass is 35.5. The Morgan fingerprint density at radius 2 is 1.62 bits per heavy atom. The lowest BCUT2D eigenvalue weighted by molar-refractivity contribution is 0.0949. The molecule has 3 nitrogen and oxygen atoms in total. The first-order chi connectivity index (χ1) is 12.7. The molecule has 130 valence electrons. The maximum absolute atomic E-state index is 12.9. The number of carbonyl (C=O) groups is 1. The van der Waals surface area contributed by atoms with Crippen molar-refractivity contribution in [1.29, 1.82) is 0 Å². The molecule has 3 aromatic carbocycles. The van der Waals surface area contributed by atoms with Crippen LogP contribution < -0.4 is 4.74 Å². The molecule has 1 fully saturated rings. The molecule has 4 heteroatoms. The minimum absolute atomic E-state index is 0.0846. The zero-order valence-electron chi connectivity index (χ0n) is 14.0. The van der Waals surface area contributed by atoms with Gasteiger partial charge in [-0.2, -0.15) is 0 Å². The van der Waals surface area contributed by atoms with Crippen LogP contribution in [0.2, 0.25) is 5.02 Å². The molecule has 0 amide bonds. The summed E-state index contributed by atoms with van der Waals surface area (Å²) in [6.07, 6.45) is -0.810. The molecule has 0 N–H and O–H groups in total. The number of halogens is 1. The minimum Gasteiger partial charge on any atom is -0.488 e. The first-order valence-electron chi connectivity index (χ1n) is 8.44. The van der Waals surface area contributed by atoms with E-state index < -0.39 is 6.10 Å². The standard InChI is InChI=1S/C22H17ClO3/c23-18-12-6-4-10-16(18)21-22(26-21)20(24)17-11-5-7-13-19(17)25-14-15-8-2-1-3-9-15/h1-13,21-22H,14H2/t21-,22-/m0/s1. The van der Waals surface area contributed by atoms with Crippen LogP contribution in [0.25, 0.3) is 0 Å². The summed E-state index contributed by atoms with van der Waals surface area (Å²) < 4.78 is 11.5. The van der Waals surface area contributed by atoms with Gasteiger partial charge in [-0.15, -0.1) is 0 Å². The van der Waals surface area contributed by atoms with Crippen LogP contribution in [0.4, 0.5) is 0 Å². The summed E-state index contributed by atoms with van der Waals surface area (Å²) in [4.78, 5) is 12.9. The second kappa shape index (κ2) is 7.32. The summed E-state index contributed by atoms with van der Waals surface area (Å²) in [5.41, 5.74) is 2.42. The number of carbonyl (C=O) groups excluding carboxylic acids is 1. The summed E-state index contributed by atoms with van der Waals surface area (Å²) >= 11 is 6.21. The third-order valence-electron chi connectivity index (χ3n) is 4.35. The smallest absolute Gasteiger partial charge is 0.198 e. The van der Waals surface area contributed by atoms with Crippen molar-refractivity contribution in [1.82, 2.24) is 0 Å². The molecule has 1 aliphatic rings. The predicted molar refractivity (Wildman–Crippen MR) is 101 cm³/mol. The minimum atomic E-state index is -0.517. The molecule has 0 aromatic heterocycles. The Labute approximate surface area is 157 Å². The van der Waals surface area contributed by atoms with Crippen molar-refractivity contribution in [3.05, 3.63) is 101 Å². The van der Waals surface area contributed by atoms with Crippen molar-refractivity contribution in [2.75, 3.05) is 0 Å². The summed E-state index contributed by atoms with van der Waals surface area (Å²) in [6.45, 7) is 0.407. The van der Waals surface area contributed by atoms with Gasteiger partial charge in [-0.1, -0.05) is 72.3 Å². The van der Waals surface area contributed by atoms with Crippen molar-refractivity contribution in [3.63, 3.8) is 0 Å². The zero-order chi connectivity index (χ0) is 17.9. The number of rotatable bonds is 6. The molecule has 2 atom stereocenters. The average Bonchev–Trinajstić information content (AvgIpc) is 3.48. The van der Waals surface area contributed by atoms with Crippen molar-refractivity contribution in [2.45, 2.75) is 18.8 Å². The van der Waals surface area contributed by atoms with Gasteiger partial charge in [-0.05, 0) is 23.8 Å². The molecule has 1 saturated heterocycles. The molecule has 0 unspecified atom stereocenters. The number of hydrogen-bond acceptors (Lipinski definition) is 3. The van der Waals surface area contributed by atoms with E-state index in [0.717, 1.165) is 11.1 Å². The molecule has 0 aliphatic carbocycles. The molecule has 0 spiro atoms. The second-order valence-electron chi connectivity index (χ2n) is 6.13. The highest BCUT2D eigenvalue weighted by molar-refractivity contribution is 6.31. The summed E-state index contributed by atoms with van der Waals surface area (Å²) in [5.74, 6) is 0.480. The van der Waals surface area contributed by atoms with E-state index in [1.54, 1.807) is 12.1 Å². The van der Waals surface area contributed by atoms with E-state index in [4.69, 9.17) is 21.1 Å². The Kier molecular flexibility index (Phi) is 4.74. The molecule has 1 aliphatic heterocycles. The van der Waals surface area contributed by atoms with Gasteiger partial charge < -0.3 is 9.47 Å². The lowest BCUT2D eigenvalue weighted by Crippen LogP contribution is -2.11. The first kappa shape index (κ1) is 16.8. The van der Waals surface area contributed by atoms with E-state index in [1.165, 1.54) is 0 Å². The van der Waals surface area contributed by atoms with Gasteiger partial charge in [-0.25, -0.2) is 0 Å². The van der Waals surface area contributed by atoms with Crippen LogP contribution in [0.1, 0.15) is 27.6 Å². The largest absolute Gasteiger partial charge is 0.488 e. The van der Waals surface area contributed by atoms with Crippen LogP contribution in [0.15, 0.2) is 78.9 Å².